The van der Waals surface area contributed by atoms with Gasteiger partial charge in [0, 0.05) is 24.1 Å². The first-order chi connectivity index (χ1) is 13.2. The van der Waals surface area contributed by atoms with E-state index >= 15 is 0 Å². The van der Waals surface area contributed by atoms with Crippen molar-refractivity contribution in [2.45, 2.75) is 6.42 Å². The van der Waals surface area contributed by atoms with E-state index in [0.717, 1.165) is 5.56 Å². The molecule has 0 fully saturated rings. The molecule has 0 saturated carbocycles. The highest BCUT2D eigenvalue weighted by atomic mass is 16.7. The summed E-state index contributed by atoms with van der Waals surface area (Å²) in [6, 6.07) is 12.4. The van der Waals surface area contributed by atoms with Gasteiger partial charge in [0.2, 0.25) is 18.6 Å². The zero-order valence-corrected chi connectivity index (χ0v) is 14.6. The Morgan fingerprint density at radius 3 is 2.93 bits per heavy atom. The van der Waals surface area contributed by atoms with E-state index in [1.807, 2.05) is 24.3 Å². The quantitative estimate of drug-likeness (QED) is 0.715. The van der Waals surface area contributed by atoms with Crippen molar-refractivity contribution in [3.05, 3.63) is 53.9 Å². The number of nitrogens with zero attached hydrogens (tertiary/aromatic N) is 2. The minimum atomic E-state index is -0.208. The zero-order chi connectivity index (χ0) is 18.6. The van der Waals surface area contributed by atoms with E-state index in [-0.39, 0.29) is 12.7 Å². The second kappa shape index (κ2) is 7.36. The Bertz CT molecular complexity index is 969. The third kappa shape index (κ3) is 3.69. The van der Waals surface area contributed by atoms with Gasteiger partial charge in [-0.3, -0.25) is 4.79 Å². The molecule has 0 aliphatic carbocycles. The molecule has 3 aromatic rings. The van der Waals surface area contributed by atoms with E-state index in [0.29, 0.717) is 47.6 Å². The highest BCUT2D eigenvalue weighted by Gasteiger charge is 2.16. The van der Waals surface area contributed by atoms with Gasteiger partial charge in [-0.05, 0) is 36.4 Å². The molecule has 1 N–H and O–H groups in total. The zero-order valence-electron chi connectivity index (χ0n) is 14.6. The molecule has 1 amide bonds. The lowest BCUT2D eigenvalue weighted by Gasteiger charge is -2.04. The van der Waals surface area contributed by atoms with Gasteiger partial charge in [0.05, 0.1) is 7.11 Å². The molecule has 27 heavy (non-hydrogen) atoms. The van der Waals surface area contributed by atoms with Crippen LogP contribution in [0.15, 0.2) is 46.9 Å². The molecule has 0 bridgehead atoms. The summed E-state index contributed by atoms with van der Waals surface area (Å²) in [5, 5.41) is 10.9. The molecule has 0 spiro atoms. The van der Waals surface area contributed by atoms with Crippen LogP contribution in [0.3, 0.4) is 0 Å². The molecular formula is C19H17N3O5. The van der Waals surface area contributed by atoms with E-state index in [4.69, 9.17) is 18.6 Å². The number of carbonyl (C=O) groups excluding carboxylic acids is 1. The van der Waals surface area contributed by atoms with Crippen molar-refractivity contribution < 1.29 is 23.4 Å². The van der Waals surface area contributed by atoms with Gasteiger partial charge >= 0.3 is 0 Å². The number of carbonyl (C=O) groups is 1. The number of hydrogen-bond acceptors (Lipinski definition) is 7. The van der Waals surface area contributed by atoms with Crippen LogP contribution in [0.1, 0.15) is 16.2 Å². The summed E-state index contributed by atoms with van der Waals surface area (Å²) in [6.07, 6.45) is 0.424. The van der Waals surface area contributed by atoms with E-state index < -0.39 is 0 Å². The summed E-state index contributed by atoms with van der Waals surface area (Å²) in [5.74, 6) is 2.57. The van der Waals surface area contributed by atoms with E-state index in [2.05, 4.69) is 15.5 Å². The molecule has 8 heteroatoms. The summed E-state index contributed by atoms with van der Waals surface area (Å²) >= 11 is 0. The Morgan fingerprint density at radius 1 is 1.15 bits per heavy atom. The largest absolute Gasteiger partial charge is 0.497 e. The SMILES string of the molecule is COc1cccc(-c2nnc(CCNC(=O)c3ccc4c(c3)OCO4)o2)c1. The number of fused-ring (bicyclic) bond motifs is 1. The predicted molar refractivity (Wildman–Crippen MR) is 94.9 cm³/mol. The molecule has 138 valence electrons. The van der Waals surface area contributed by atoms with Crippen molar-refractivity contribution >= 4 is 5.91 Å². The maximum Gasteiger partial charge on any atom is 0.251 e. The molecule has 1 aliphatic rings. The maximum atomic E-state index is 12.2. The first-order valence-corrected chi connectivity index (χ1v) is 8.37. The van der Waals surface area contributed by atoms with Crippen molar-refractivity contribution in [2.24, 2.45) is 0 Å². The molecule has 1 aromatic heterocycles. The predicted octanol–water partition coefficient (Wildman–Crippen LogP) is 2.45. The Hall–Kier alpha value is -3.55. The average molecular weight is 367 g/mol. The maximum absolute atomic E-state index is 12.2. The van der Waals surface area contributed by atoms with Gasteiger partial charge in [0.1, 0.15) is 5.75 Å². The van der Waals surface area contributed by atoms with E-state index in [1.54, 1.807) is 25.3 Å². The van der Waals surface area contributed by atoms with E-state index in [9.17, 15) is 4.79 Å². The van der Waals surface area contributed by atoms with Crippen LogP contribution >= 0.6 is 0 Å². The molecular weight excluding hydrogens is 350 g/mol. The van der Waals surface area contributed by atoms with Crippen molar-refractivity contribution in [3.8, 4) is 28.7 Å². The number of amides is 1. The lowest BCUT2D eigenvalue weighted by atomic mass is 10.2. The second-order valence-corrected chi connectivity index (χ2v) is 5.81. The van der Waals surface area contributed by atoms with Gasteiger partial charge in [0.15, 0.2) is 11.5 Å². The fourth-order valence-corrected chi connectivity index (χ4v) is 2.65. The molecule has 0 radical (unpaired) electrons. The lowest BCUT2D eigenvalue weighted by Crippen LogP contribution is -2.25. The van der Waals surface area contributed by atoms with Crippen LogP contribution in [0.2, 0.25) is 0 Å². The number of aromatic nitrogens is 2. The highest BCUT2D eigenvalue weighted by Crippen LogP contribution is 2.32. The fourth-order valence-electron chi connectivity index (χ4n) is 2.65. The van der Waals surface area contributed by atoms with Crippen LogP contribution in [-0.4, -0.2) is 36.6 Å². The summed E-state index contributed by atoms with van der Waals surface area (Å²) < 4.78 is 21.4. The number of hydrogen-bond donors (Lipinski definition) is 1. The number of methoxy groups -OCH3 is 1. The average Bonchev–Trinajstić information content (AvgIpc) is 3.36. The number of ether oxygens (including phenoxy) is 3. The van der Waals surface area contributed by atoms with Gasteiger partial charge in [0.25, 0.3) is 5.91 Å². The molecule has 8 nitrogen and oxygen atoms in total. The Labute approximate surface area is 155 Å². The van der Waals surface area contributed by atoms with Crippen molar-refractivity contribution in [2.75, 3.05) is 20.4 Å². The summed E-state index contributed by atoms with van der Waals surface area (Å²) in [5.41, 5.74) is 1.28. The lowest BCUT2D eigenvalue weighted by molar-refractivity contribution is 0.0953. The van der Waals surface area contributed by atoms with Crippen LogP contribution in [0.25, 0.3) is 11.5 Å². The Kier molecular flexibility index (Phi) is 4.61. The molecule has 4 rings (SSSR count). The highest BCUT2D eigenvalue weighted by molar-refractivity contribution is 5.94. The van der Waals surface area contributed by atoms with Crippen LogP contribution in [0, 0.1) is 0 Å². The number of nitrogens with one attached hydrogen (secondary N) is 1. The molecule has 2 heterocycles. The molecule has 0 unspecified atom stereocenters. The van der Waals surface area contributed by atoms with Crippen molar-refractivity contribution in [1.29, 1.82) is 0 Å². The normalized spacial score (nSPS) is 12.0. The summed E-state index contributed by atoms with van der Waals surface area (Å²) in [7, 11) is 1.60. The molecule has 0 saturated heterocycles. The number of benzene rings is 2. The minimum absolute atomic E-state index is 0.174. The second-order valence-electron chi connectivity index (χ2n) is 5.81. The summed E-state index contributed by atoms with van der Waals surface area (Å²) in [6.45, 7) is 0.542. The minimum Gasteiger partial charge on any atom is -0.497 e. The monoisotopic (exact) mass is 367 g/mol. The molecule has 1 aliphatic heterocycles. The van der Waals surface area contributed by atoms with Crippen LogP contribution in [-0.2, 0) is 6.42 Å². The van der Waals surface area contributed by atoms with Crippen LogP contribution in [0.4, 0.5) is 0 Å². The topological polar surface area (TPSA) is 95.7 Å². The molecule has 0 atom stereocenters. The van der Waals surface area contributed by atoms with Crippen molar-refractivity contribution in [1.82, 2.24) is 15.5 Å². The molecule has 2 aromatic carbocycles. The van der Waals surface area contributed by atoms with Crippen LogP contribution < -0.4 is 19.5 Å². The van der Waals surface area contributed by atoms with Gasteiger partial charge < -0.3 is 23.9 Å². The first-order valence-electron chi connectivity index (χ1n) is 8.37. The summed E-state index contributed by atoms with van der Waals surface area (Å²) in [4.78, 5) is 12.2. The third-order valence-electron chi connectivity index (χ3n) is 4.04. The smallest absolute Gasteiger partial charge is 0.251 e. The number of rotatable bonds is 6. The third-order valence-corrected chi connectivity index (χ3v) is 4.04. The fraction of sp³-hybridized carbons (Fsp3) is 0.211. The van der Waals surface area contributed by atoms with Gasteiger partial charge in [-0.15, -0.1) is 10.2 Å². The first kappa shape index (κ1) is 16.9. The Balaban J connectivity index is 1.34. The van der Waals surface area contributed by atoms with E-state index in [1.165, 1.54) is 0 Å². The van der Waals surface area contributed by atoms with Crippen LogP contribution in [0.5, 0.6) is 17.2 Å². The van der Waals surface area contributed by atoms with Crippen molar-refractivity contribution in [3.63, 3.8) is 0 Å². The van der Waals surface area contributed by atoms with Gasteiger partial charge in [-0.25, -0.2) is 0 Å². The standard InChI is InChI=1S/C19H17N3O5/c1-24-14-4-2-3-13(9-14)19-22-21-17(27-19)7-8-20-18(23)12-5-6-15-16(10-12)26-11-25-15/h2-6,9-10H,7-8,11H2,1H3,(H,20,23). The van der Waals surface area contributed by atoms with Gasteiger partial charge in [-0.1, -0.05) is 6.07 Å². The van der Waals surface area contributed by atoms with Gasteiger partial charge in [-0.2, -0.15) is 0 Å². The Morgan fingerprint density at radius 2 is 2.04 bits per heavy atom.